The van der Waals surface area contributed by atoms with E-state index in [0.29, 0.717) is 6.42 Å². The van der Waals surface area contributed by atoms with E-state index < -0.39 is 17.8 Å². The Morgan fingerprint density at radius 3 is 2.74 bits per heavy atom. The molecule has 0 bridgehead atoms. The van der Waals surface area contributed by atoms with Crippen molar-refractivity contribution in [2.45, 2.75) is 45.1 Å². The van der Waals surface area contributed by atoms with Gasteiger partial charge in [0.2, 0.25) is 0 Å². The summed E-state index contributed by atoms with van der Waals surface area (Å²) in [4.78, 5) is 11.3. The van der Waals surface area contributed by atoms with E-state index in [1.807, 2.05) is 0 Å². The van der Waals surface area contributed by atoms with Crippen LogP contribution in [-0.4, -0.2) is 12.0 Å². The Morgan fingerprint density at radius 1 is 1.42 bits per heavy atom. The van der Waals surface area contributed by atoms with Crippen molar-refractivity contribution in [3.05, 3.63) is 29.0 Å². The quantitative estimate of drug-likeness (QED) is 0.742. The van der Waals surface area contributed by atoms with E-state index in [-0.39, 0.29) is 10.8 Å². The number of nitrogens with two attached hydrogens (primary N) is 1. The van der Waals surface area contributed by atoms with Crippen LogP contribution < -0.4 is 10.5 Å². The van der Waals surface area contributed by atoms with Crippen molar-refractivity contribution in [2.75, 3.05) is 0 Å². The highest BCUT2D eigenvalue weighted by atomic mass is 35.5. The molecule has 0 radical (unpaired) electrons. The van der Waals surface area contributed by atoms with Gasteiger partial charge < -0.3 is 10.5 Å². The number of benzene rings is 1. The van der Waals surface area contributed by atoms with Crippen molar-refractivity contribution in [3.8, 4) is 5.75 Å². The number of carbonyl (C=O) groups is 1. The summed E-state index contributed by atoms with van der Waals surface area (Å²) in [6.07, 6.45) is 3.93. The zero-order chi connectivity index (χ0) is 14.3. The topological polar surface area (TPSA) is 52.3 Å². The van der Waals surface area contributed by atoms with Gasteiger partial charge in [-0.25, -0.2) is 4.39 Å². The third kappa shape index (κ3) is 5.47. The highest BCUT2D eigenvalue weighted by Crippen LogP contribution is 2.22. The lowest BCUT2D eigenvalue weighted by molar-refractivity contribution is -0.125. The van der Waals surface area contributed by atoms with E-state index in [1.165, 1.54) is 12.1 Å². The second-order valence-electron chi connectivity index (χ2n) is 4.43. The first-order valence-electron chi connectivity index (χ1n) is 6.45. The number of primary amides is 1. The number of hydrogen-bond donors (Lipinski definition) is 1. The molecule has 0 aliphatic rings. The van der Waals surface area contributed by atoms with Crippen molar-refractivity contribution >= 4 is 17.5 Å². The van der Waals surface area contributed by atoms with Gasteiger partial charge in [-0.2, -0.15) is 0 Å². The molecule has 5 heteroatoms. The van der Waals surface area contributed by atoms with E-state index in [1.54, 1.807) is 0 Å². The van der Waals surface area contributed by atoms with E-state index in [0.717, 1.165) is 31.7 Å². The minimum absolute atomic E-state index is 0.0194. The summed E-state index contributed by atoms with van der Waals surface area (Å²) in [5.41, 5.74) is 5.28. The molecule has 1 unspecified atom stereocenters. The molecule has 0 aliphatic carbocycles. The van der Waals surface area contributed by atoms with Gasteiger partial charge in [-0.15, -0.1) is 0 Å². The zero-order valence-corrected chi connectivity index (χ0v) is 11.8. The summed E-state index contributed by atoms with van der Waals surface area (Å²) in [6, 6.07) is 4.07. The molecule has 19 heavy (non-hydrogen) atoms. The Kier molecular flexibility index (Phi) is 6.64. The number of amides is 1. The van der Waals surface area contributed by atoms with E-state index >= 15 is 0 Å². The van der Waals surface area contributed by atoms with Gasteiger partial charge >= 0.3 is 0 Å². The summed E-state index contributed by atoms with van der Waals surface area (Å²) >= 11 is 5.58. The van der Waals surface area contributed by atoms with Crippen LogP contribution in [0.25, 0.3) is 0 Å². The Morgan fingerprint density at radius 2 is 2.16 bits per heavy atom. The van der Waals surface area contributed by atoms with Crippen molar-refractivity contribution in [1.29, 1.82) is 0 Å². The van der Waals surface area contributed by atoms with Crippen LogP contribution in [0.3, 0.4) is 0 Å². The van der Waals surface area contributed by atoms with Crippen LogP contribution in [0.4, 0.5) is 4.39 Å². The molecule has 1 amide bonds. The Hall–Kier alpha value is -1.29. The van der Waals surface area contributed by atoms with Crippen molar-refractivity contribution < 1.29 is 13.9 Å². The maximum absolute atomic E-state index is 13.3. The summed E-state index contributed by atoms with van der Waals surface area (Å²) in [5.74, 6) is -0.846. The van der Waals surface area contributed by atoms with Gasteiger partial charge in [0.25, 0.3) is 5.91 Å². The van der Waals surface area contributed by atoms with Crippen LogP contribution in [0.1, 0.15) is 39.0 Å². The molecule has 0 fully saturated rings. The lowest BCUT2D eigenvalue weighted by Gasteiger charge is -2.16. The number of unbranched alkanes of at least 4 members (excludes halogenated alkanes) is 3. The lowest BCUT2D eigenvalue weighted by Crippen LogP contribution is -2.33. The molecule has 3 nitrogen and oxygen atoms in total. The first kappa shape index (κ1) is 15.8. The van der Waals surface area contributed by atoms with Gasteiger partial charge in [0, 0.05) is 6.07 Å². The second kappa shape index (κ2) is 8.00. The smallest absolute Gasteiger partial charge is 0.258 e. The summed E-state index contributed by atoms with van der Waals surface area (Å²) in [5, 5.41) is 0.0194. The minimum Gasteiger partial charge on any atom is -0.481 e. The predicted molar refractivity (Wildman–Crippen MR) is 73.8 cm³/mol. The largest absolute Gasteiger partial charge is 0.481 e. The van der Waals surface area contributed by atoms with Gasteiger partial charge in [0.05, 0.1) is 5.02 Å². The molecule has 2 N–H and O–H groups in total. The minimum atomic E-state index is -0.725. The molecule has 0 aromatic heterocycles. The maximum Gasteiger partial charge on any atom is 0.258 e. The second-order valence-corrected chi connectivity index (χ2v) is 4.84. The summed E-state index contributed by atoms with van der Waals surface area (Å²) < 4.78 is 18.7. The third-order valence-electron chi connectivity index (χ3n) is 2.81. The average molecular weight is 288 g/mol. The molecule has 1 aromatic rings. The molecule has 0 saturated heterocycles. The molecular formula is C14H19ClFNO2. The fraction of sp³-hybridized carbons (Fsp3) is 0.500. The molecule has 1 atom stereocenters. The van der Waals surface area contributed by atoms with E-state index in [4.69, 9.17) is 22.1 Å². The Bertz CT molecular complexity index is 426. The van der Waals surface area contributed by atoms with Crippen LogP contribution in [0.15, 0.2) is 18.2 Å². The molecule has 0 spiro atoms. The first-order valence-corrected chi connectivity index (χ1v) is 6.83. The highest BCUT2D eigenvalue weighted by Gasteiger charge is 2.17. The molecule has 0 heterocycles. The molecule has 106 valence electrons. The molecular weight excluding hydrogens is 269 g/mol. The van der Waals surface area contributed by atoms with Crippen molar-refractivity contribution in [2.24, 2.45) is 5.73 Å². The van der Waals surface area contributed by atoms with Crippen LogP contribution in [0.5, 0.6) is 5.75 Å². The van der Waals surface area contributed by atoms with E-state index in [2.05, 4.69) is 6.92 Å². The van der Waals surface area contributed by atoms with Crippen molar-refractivity contribution in [1.82, 2.24) is 0 Å². The standard InChI is InChI=1S/C14H19ClFNO2/c1-2-3-4-5-6-13(14(17)18)19-10-7-8-11(15)12(16)9-10/h7-9,13H,2-6H2,1H3,(H2,17,18). The number of carbonyl (C=O) groups excluding carboxylic acids is 1. The lowest BCUT2D eigenvalue weighted by atomic mass is 10.1. The molecule has 1 aromatic carbocycles. The first-order chi connectivity index (χ1) is 9.04. The third-order valence-corrected chi connectivity index (χ3v) is 3.11. The van der Waals surface area contributed by atoms with Crippen LogP contribution in [0.2, 0.25) is 5.02 Å². The fourth-order valence-corrected chi connectivity index (χ4v) is 1.85. The Labute approximate surface area is 117 Å². The van der Waals surface area contributed by atoms with Crippen molar-refractivity contribution in [3.63, 3.8) is 0 Å². The van der Waals surface area contributed by atoms with Gasteiger partial charge in [-0.3, -0.25) is 4.79 Å². The van der Waals surface area contributed by atoms with Crippen LogP contribution in [-0.2, 0) is 4.79 Å². The van der Waals surface area contributed by atoms with Gasteiger partial charge in [0.15, 0.2) is 6.10 Å². The average Bonchev–Trinajstić information content (AvgIpc) is 2.37. The van der Waals surface area contributed by atoms with Gasteiger partial charge in [0.1, 0.15) is 11.6 Å². The predicted octanol–water partition coefficient (Wildman–Crippen LogP) is 3.68. The Balaban J connectivity index is 2.57. The highest BCUT2D eigenvalue weighted by molar-refractivity contribution is 6.30. The zero-order valence-electron chi connectivity index (χ0n) is 11.0. The summed E-state index contributed by atoms with van der Waals surface area (Å²) in [6.45, 7) is 2.11. The molecule has 0 saturated carbocycles. The van der Waals surface area contributed by atoms with Gasteiger partial charge in [-0.1, -0.05) is 37.8 Å². The fourth-order valence-electron chi connectivity index (χ4n) is 1.73. The molecule has 1 rings (SSSR count). The maximum atomic E-state index is 13.3. The SMILES string of the molecule is CCCCCCC(Oc1ccc(Cl)c(F)c1)C(N)=O. The summed E-state index contributed by atoms with van der Waals surface area (Å²) in [7, 11) is 0. The number of rotatable bonds is 8. The number of hydrogen-bond acceptors (Lipinski definition) is 2. The normalized spacial score (nSPS) is 12.2. The van der Waals surface area contributed by atoms with Crippen LogP contribution >= 0.6 is 11.6 Å². The molecule has 0 aliphatic heterocycles. The number of halogens is 2. The monoisotopic (exact) mass is 287 g/mol. The van der Waals surface area contributed by atoms with E-state index in [9.17, 15) is 9.18 Å². The van der Waals surface area contributed by atoms with Gasteiger partial charge in [-0.05, 0) is 25.0 Å². The van der Waals surface area contributed by atoms with Crippen LogP contribution in [0, 0.1) is 5.82 Å². The number of ether oxygens (including phenoxy) is 1.